The highest BCUT2D eigenvalue weighted by Crippen LogP contribution is 2.21. The highest BCUT2D eigenvalue weighted by atomic mass is 35.5. The summed E-state index contributed by atoms with van der Waals surface area (Å²) in [7, 11) is 0. The monoisotopic (exact) mass is 224 g/mol. The molecule has 0 spiro atoms. The molecule has 0 bridgehead atoms. The van der Waals surface area contributed by atoms with Crippen LogP contribution < -0.4 is 5.73 Å². The summed E-state index contributed by atoms with van der Waals surface area (Å²) in [5.74, 6) is 0. The number of hydrogen-bond acceptors (Lipinski definition) is 5. The van der Waals surface area contributed by atoms with Gasteiger partial charge in [-0.1, -0.05) is 0 Å². The van der Waals surface area contributed by atoms with E-state index in [1.54, 1.807) is 12.3 Å². The standard InChI is InChI=1S/C7H12N2O2S.ClH/c1-7(8,4-11)6-9-5(2-10)3-12-6;/h3,10-11H,2,4,8H2,1H3;1H/t7-;/m1./s1. The number of halogens is 1. The van der Waals surface area contributed by atoms with Crippen molar-refractivity contribution in [2.45, 2.75) is 19.1 Å². The van der Waals surface area contributed by atoms with Gasteiger partial charge in [-0.05, 0) is 6.92 Å². The van der Waals surface area contributed by atoms with Crippen LogP contribution in [0.4, 0.5) is 0 Å². The lowest BCUT2D eigenvalue weighted by Gasteiger charge is -2.17. The van der Waals surface area contributed by atoms with Gasteiger partial charge in [-0.25, -0.2) is 4.98 Å². The van der Waals surface area contributed by atoms with Gasteiger partial charge >= 0.3 is 0 Å². The zero-order chi connectivity index (χ0) is 9.19. The first-order valence-electron chi connectivity index (χ1n) is 3.55. The number of thiazole rings is 1. The van der Waals surface area contributed by atoms with E-state index < -0.39 is 5.54 Å². The SMILES string of the molecule is C[C@@](N)(CO)c1nc(CO)cs1.Cl. The number of hydrogen-bond donors (Lipinski definition) is 3. The van der Waals surface area contributed by atoms with Crippen molar-refractivity contribution >= 4 is 23.7 Å². The van der Waals surface area contributed by atoms with Gasteiger partial charge in [-0.3, -0.25) is 0 Å². The van der Waals surface area contributed by atoms with Crippen molar-refractivity contribution in [3.05, 3.63) is 16.1 Å². The Labute approximate surface area is 86.8 Å². The Hall–Kier alpha value is -0.200. The third kappa shape index (κ3) is 2.89. The van der Waals surface area contributed by atoms with Crippen molar-refractivity contribution < 1.29 is 10.2 Å². The molecule has 0 amide bonds. The van der Waals surface area contributed by atoms with Crippen LogP contribution >= 0.6 is 23.7 Å². The van der Waals surface area contributed by atoms with Crippen LogP contribution in [0, 0.1) is 0 Å². The summed E-state index contributed by atoms with van der Waals surface area (Å²) in [5, 5.41) is 20.0. The zero-order valence-electron chi connectivity index (χ0n) is 7.23. The summed E-state index contributed by atoms with van der Waals surface area (Å²) in [6, 6.07) is 0. The van der Waals surface area contributed by atoms with Crippen molar-refractivity contribution in [2.75, 3.05) is 6.61 Å². The first-order valence-corrected chi connectivity index (χ1v) is 4.43. The quantitative estimate of drug-likeness (QED) is 0.687. The van der Waals surface area contributed by atoms with Gasteiger partial charge in [0.15, 0.2) is 0 Å². The third-order valence-electron chi connectivity index (χ3n) is 1.53. The van der Waals surface area contributed by atoms with Crippen LogP contribution in [0.2, 0.25) is 0 Å². The van der Waals surface area contributed by atoms with Crippen molar-refractivity contribution in [3.63, 3.8) is 0 Å². The van der Waals surface area contributed by atoms with E-state index in [0.717, 1.165) is 0 Å². The number of nitrogens with zero attached hydrogens (tertiary/aromatic N) is 1. The van der Waals surface area contributed by atoms with E-state index in [2.05, 4.69) is 4.98 Å². The predicted octanol–water partition coefficient (Wildman–Crippen LogP) is 0.223. The molecule has 4 N–H and O–H groups in total. The first kappa shape index (κ1) is 12.8. The van der Waals surface area contributed by atoms with E-state index in [9.17, 15) is 0 Å². The Morgan fingerprint density at radius 2 is 2.23 bits per heavy atom. The number of aromatic nitrogens is 1. The Morgan fingerprint density at radius 3 is 2.62 bits per heavy atom. The average Bonchev–Trinajstić information content (AvgIpc) is 2.52. The minimum absolute atomic E-state index is 0. The zero-order valence-corrected chi connectivity index (χ0v) is 8.86. The van der Waals surface area contributed by atoms with E-state index in [1.165, 1.54) is 11.3 Å². The van der Waals surface area contributed by atoms with Crippen molar-refractivity contribution in [3.8, 4) is 0 Å². The van der Waals surface area contributed by atoms with Crippen LogP contribution in [-0.2, 0) is 12.1 Å². The molecule has 0 aliphatic heterocycles. The summed E-state index contributed by atoms with van der Waals surface area (Å²) in [4.78, 5) is 4.05. The molecule has 0 aliphatic rings. The van der Waals surface area contributed by atoms with Gasteiger partial charge in [0.05, 0.1) is 24.4 Å². The molecule has 1 aromatic heterocycles. The van der Waals surface area contributed by atoms with Crippen LogP contribution in [-0.4, -0.2) is 21.8 Å². The smallest absolute Gasteiger partial charge is 0.115 e. The van der Waals surface area contributed by atoms with Gasteiger partial charge in [0, 0.05) is 5.38 Å². The number of aliphatic hydroxyl groups excluding tert-OH is 2. The predicted molar refractivity (Wildman–Crippen MR) is 53.9 cm³/mol. The Morgan fingerprint density at radius 1 is 1.62 bits per heavy atom. The Balaban J connectivity index is 0.00000144. The summed E-state index contributed by atoms with van der Waals surface area (Å²) in [6.45, 7) is 1.47. The Bertz CT molecular complexity index is 265. The van der Waals surface area contributed by atoms with Crippen molar-refractivity contribution in [2.24, 2.45) is 5.73 Å². The maximum Gasteiger partial charge on any atom is 0.115 e. The molecule has 0 saturated carbocycles. The van der Waals surface area contributed by atoms with Gasteiger partial charge in [0.25, 0.3) is 0 Å². The van der Waals surface area contributed by atoms with Gasteiger partial charge in [0.1, 0.15) is 5.01 Å². The van der Waals surface area contributed by atoms with Crippen LogP contribution in [0.25, 0.3) is 0 Å². The molecule has 13 heavy (non-hydrogen) atoms. The van der Waals surface area contributed by atoms with Gasteiger partial charge in [0.2, 0.25) is 0 Å². The molecule has 1 rings (SSSR count). The summed E-state index contributed by atoms with van der Waals surface area (Å²) >= 11 is 1.35. The minimum Gasteiger partial charge on any atom is -0.394 e. The summed E-state index contributed by atoms with van der Waals surface area (Å²) < 4.78 is 0. The van der Waals surface area contributed by atoms with E-state index in [4.69, 9.17) is 15.9 Å². The largest absolute Gasteiger partial charge is 0.394 e. The third-order valence-corrected chi connectivity index (χ3v) is 2.70. The molecule has 0 radical (unpaired) electrons. The number of rotatable bonds is 3. The fourth-order valence-electron chi connectivity index (χ4n) is 0.710. The molecular weight excluding hydrogens is 212 g/mol. The molecule has 0 saturated heterocycles. The second-order valence-corrected chi connectivity index (χ2v) is 3.74. The molecule has 0 aromatic carbocycles. The normalized spacial score (nSPS) is 14.8. The van der Waals surface area contributed by atoms with Gasteiger partial charge in [-0.15, -0.1) is 23.7 Å². The van der Waals surface area contributed by atoms with Gasteiger partial charge < -0.3 is 15.9 Å². The summed E-state index contributed by atoms with van der Waals surface area (Å²) in [5.41, 5.74) is 5.53. The molecule has 76 valence electrons. The van der Waals surface area contributed by atoms with Gasteiger partial charge in [-0.2, -0.15) is 0 Å². The van der Waals surface area contributed by atoms with E-state index in [0.29, 0.717) is 10.7 Å². The molecule has 0 unspecified atom stereocenters. The highest BCUT2D eigenvalue weighted by Gasteiger charge is 2.23. The van der Waals surface area contributed by atoms with Crippen LogP contribution in [0.1, 0.15) is 17.6 Å². The van der Waals surface area contributed by atoms with Crippen LogP contribution in [0.3, 0.4) is 0 Å². The van der Waals surface area contributed by atoms with Crippen molar-refractivity contribution in [1.82, 2.24) is 4.98 Å². The number of aliphatic hydroxyl groups is 2. The average molecular weight is 225 g/mol. The fraction of sp³-hybridized carbons (Fsp3) is 0.571. The second-order valence-electron chi connectivity index (χ2n) is 2.88. The molecule has 4 nitrogen and oxygen atoms in total. The second kappa shape index (κ2) is 4.88. The maximum atomic E-state index is 8.91. The lowest BCUT2D eigenvalue weighted by Crippen LogP contribution is -2.36. The van der Waals surface area contributed by atoms with Crippen LogP contribution in [0.15, 0.2) is 5.38 Å². The molecule has 0 aliphatic carbocycles. The minimum atomic E-state index is -0.794. The lowest BCUT2D eigenvalue weighted by atomic mass is 10.1. The van der Waals surface area contributed by atoms with Crippen LogP contribution in [0.5, 0.6) is 0 Å². The fourth-order valence-corrected chi connectivity index (χ4v) is 1.59. The first-order chi connectivity index (χ1) is 5.60. The van der Waals surface area contributed by atoms with E-state index in [-0.39, 0.29) is 25.6 Å². The topological polar surface area (TPSA) is 79.4 Å². The molecular formula is C7H13ClN2O2S. The molecule has 1 aromatic rings. The molecule has 6 heteroatoms. The molecule has 1 heterocycles. The van der Waals surface area contributed by atoms with E-state index in [1.807, 2.05) is 0 Å². The lowest BCUT2D eigenvalue weighted by molar-refractivity contribution is 0.209. The Kier molecular flexibility index (Phi) is 4.80. The van der Waals surface area contributed by atoms with Crippen molar-refractivity contribution in [1.29, 1.82) is 0 Å². The number of nitrogens with two attached hydrogens (primary N) is 1. The molecule has 0 fully saturated rings. The summed E-state index contributed by atoms with van der Waals surface area (Å²) in [6.07, 6.45) is 0. The highest BCUT2D eigenvalue weighted by molar-refractivity contribution is 7.09. The maximum absolute atomic E-state index is 8.91. The van der Waals surface area contributed by atoms with E-state index >= 15 is 0 Å². The molecule has 1 atom stereocenters.